The molecule has 0 radical (unpaired) electrons. The number of carbonyl (C=O) groups excluding carboxylic acids is 2. The number of aromatic nitrogens is 1. The van der Waals surface area contributed by atoms with Gasteiger partial charge in [-0.1, -0.05) is 43.6 Å². The van der Waals surface area contributed by atoms with Gasteiger partial charge >= 0.3 is 0 Å². The van der Waals surface area contributed by atoms with Crippen molar-refractivity contribution in [3.63, 3.8) is 0 Å². The molecular weight excluding hydrogens is 456 g/mol. The zero-order valence-corrected chi connectivity index (χ0v) is 19.3. The third-order valence-electron chi connectivity index (χ3n) is 4.80. The summed E-state index contributed by atoms with van der Waals surface area (Å²) < 4.78 is 27.8. The van der Waals surface area contributed by atoms with E-state index in [1.807, 2.05) is 19.1 Å². The molecule has 0 unspecified atom stereocenters. The Bertz CT molecular complexity index is 1110. The first-order valence-electron chi connectivity index (χ1n) is 9.92. The van der Waals surface area contributed by atoms with E-state index in [4.69, 9.17) is 11.6 Å². The molecule has 3 aromatic rings. The van der Waals surface area contributed by atoms with Crippen LogP contribution in [0, 0.1) is 24.5 Å². The van der Waals surface area contributed by atoms with Crippen molar-refractivity contribution in [3.8, 4) is 11.3 Å². The van der Waals surface area contributed by atoms with E-state index < -0.39 is 35.1 Å². The van der Waals surface area contributed by atoms with Gasteiger partial charge in [0.25, 0.3) is 5.91 Å². The van der Waals surface area contributed by atoms with Crippen LogP contribution in [0.2, 0.25) is 5.02 Å². The van der Waals surface area contributed by atoms with Gasteiger partial charge in [-0.25, -0.2) is 13.8 Å². The second kappa shape index (κ2) is 10.2. The number of hydrogen-bond acceptors (Lipinski definition) is 4. The fourth-order valence-electron chi connectivity index (χ4n) is 3.14. The van der Waals surface area contributed by atoms with Crippen LogP contribution < -0.4 is 10.6 Å². The smallest absolute Gasteiger partial charge is 0.257 e. The second-order valence-electron chi connectivity index (χ2n) is 7.53. The van der Waals surface area contributed by atoms with Crippen LogP contribution in [0.1, 0.15) is 34.1 Å². The van der Waals surface area contributed by atoms with Crippen LogP contribution in [0.4, 0.5) is 8.78 Å². The molecule has 1 atom stereocenters. The topological polar surface area (TPSA) is 71.1 Å². The minimum absolute atomic E-state index is 0.158. The van der Waals surface area contributed by atoms with Crippen molar-refractivity contribution < 1.29 is 18.4 Å². The molecule has 0 spiro atoms. The van der Waals surface area contributed by atoms with Crippen molar-refractivity contribution in [1.29, 1.82) is 0 Å². The summed E-state index contributed by atoms with van der Waals surface area (Å²) in [5, 5.41) is 6.51. The highest BCUT2D eigenvalue weighted by Crippen LogP contribution is 2.28. The van der Waals surface area contributed by atoms with Crippen molar-refractivity contribution in [2.24, 2.45) is 5.92 Å². The first kappa shape index (κ1) is 23.8. The van der Waals surface area contributed by atoms with Gasteiger partial charge in [-0.2, -0.15) is 0 Å². The monoisotopic (exact) mass is 477 g/mol. The van der Waals surface area contributed by atoms with Crippen LogP contribution in [-0.4, -0.2) is 22.8 Å². The van der Waals surface area contributed by atoms with Gasteiger partial charge in [0.15, 0.2) is 0 Å². The Morgan fingerprint density at radius 3 is 2.31 bits per heavy atom. The molecule has 0 aliphatic carbocycles. The van der Waals surface area contributed by atoms with Gasteiger partial charge < -0.3 is 10.6 Å². The fraction of sp³-hybridized carbons (Fsp3) is 0.261. The van der Waals surface area contributed by atoms with E-state index in [0.29, 0.717) is 10.0 Å². The van der Waals surface area contributed by atoms with E-state index in [0.717, 1.165) is 28.3 Å². The molecule has 1 aromatic heterocycles. The molecule has 2 amide bonds. The molecular formula is C23H22ClF2N3O2S. The summed E-state index contributed by atoms with van der Waals surface area (Å²) in [4.78, 5) is 30.7. The van der Waals surface area contributed by atoms with Crippen LogP contribution in [0.25, 0.3) is 11.3 Å². The van der Waals surface area contributed by atoms with Gasteiger partial charge in [-0.05, 0) is 37.1 Å². The number of rotatable bonds is 7. The lowest BCUT2D eigenvalue weighted by Crippen LogP contribution is -2.49. The summed E-state index contributed by atoms with van der Waals surface area (Å²) in [5.74, 6) is -3.73. The molecule has 32 heavy (non-hydrogen) atoms. The van der Waals surface area contributed by atoms with E-state index in [-0.39, 0.29) is 12.5 Å². The largest absolute Gasteiger partial charge is 0.348 e. The predicted molar refractivity (Wildman–Crippen MR) is 122 cm³/mol. The van der Waals surface area contributed by atoms with Crippen molar-refractivity contribution in [3.05, 3.63) is 74.6 Å². The summed E-state index contributed by atoms with van der Waals surface area (Å²) in [7, 11) is 0. The average Bonchev–Trinajstić information content (AvgIpc) is 3.11. The number of benzene rings is 2. The van der Waals surface area contributed by atoms with E-state index in [1.165, 1.54) is 17.4 Å². The normalized spacial score (nSPS) is 12.0. The molecule has 1 heterocycles. The molecule has 0 aliphatic heterocycles. The Hall–Kier alpha value is -2.84. The molecule has 0 aliphatic rings. The molecule has 0 saturated heterocycles. The number of halogens is 3. The minimum atomic E-state index is -0.988. The van der Waals surface area contributed by atoms with Gasteiger partial charge in [0.2, 0.25) is 5.91 Å². The van der Waals surface area contributed by atoms with Gasteiger partial charge in [-0.3, -0.25) is 9.59 Å². The average molecular weight is 478 g/mol. The SMILES string of the molecule is Cc1sc(CNC(=O)[C@@H](NC(=O)c2c(F)cccc2F)C(C)C)nc1-c1ccc(Cl)cc1. The van der Waals surface area contributed by atoms with Gasteiger partial charge in [-0.15, -0.1) is 11.3 Å². The Labute approximate surface area is 193 Å². The summed E-state index contributed by atoms with van der Waals surface area (Å²) in [6.07, 6.45) is 0. The van der Waals surface area contributed by atoms with Crippen molar-refractivity contribution in [2.75, 3.05) is 0 Å². The molecule has 3 rings (SSSR count). The highest BCUT2D eigenvalue weighted by molar-refractivity contribution is 7.12. The third-order valence-corrected chi connectivity index (χ3v) is 6.02. The number of nitrogens with one attached hydrogen (secondary N) is 2. The maximum absolute atomic E-state index is 13.9. The number of carbonyl (C=O) groups is 2. The summed E-state index contributed by atoms with van der Waals surface area (Å²) in [5.41, 5.74) is 1.01. The number of aryl methyl sites for hydroxylation is 1. The Morgan fingerprint density at radius 1 is 1.09 bits per heavy atom. The van der Waals surface area contributed by atoms with Crippen LogP contribution in [-0.2, 0) is 11.3 Å². The number of amides is 2. The maximum atomic E-state index is 13.9. The quantitative estimate of drug-likeness (QED) is 0.496. The van der Waals surface area contributed by atoms with Crippen LogP contribution in [0.3, 0.4) is 0 Å². The van der Waals surface area contributed by atoms with Crippen molar-refractivity contribution in [2.45, 2.75) is 33.4 Å². The molecule has 5 nitrogen and oxygen atoms in total. The zero-order chi connectivity index (χ0) is 23.4. The van der Waals surface area contributed by atoms with Crippen molar-refractivity contribution in [1.82, 2.24) is 15.6 Å². The highest BCUT2D eigenvalue weighted by Gasteiger charge is 2.27. The first-order chi connectivity index (χ1) is 15.2. The Balaban J connectivity index is 1.69. The molecule has 2 aromatic carbocycles. The second-order valence-corrected chi connectivity index (χ2v) is 9.25. The van der Waals surface area contributed by atoms with E-state index >= 15 is 0 Å². The van der Waals surface area contributed by atoms with Gasteiger partial charge in [0.05, 0.1) is 12.2 Å². The molecule has 9 heteroatoms. The number of thiazole rings is 1. The molecule has 168 valence electrons. The highest BCUT2D eigenvalue weighted by atomic mass is 35.5. The van der Waals surface area contributed by atoms with Crippen LogP contribution in [0.5, 0.6) is 0 Å². The van der Waals surface area contributed by atoms with Crippen LogP contribution >= 0.6 is 22.9 Å². The molecule has 0 bridgehead atoms. The third kappa shape index (κ3) is 5.49. The lowest BCUT2D eigenvalue weighted by Gasteiger charge is -2.21. The van der Waals surface area contributed by atoms with E-state index in [1.54, 1.807) is 26.0 Å². The summed E-state index contributed by atoms with van der Waals surface area (Å²) >= 11 is 7.38. The molecule has 2 N–H and O–H groups in total. The summed E-state index contributed by atoms with van der Waals surface area (Å²) in [6, 6.07) is 9.49. The maximum Gasteiger partial charge on any atom is 0.257 e. The number of nitrogens with zero attached hydrogens (tertiary/aromatic N) is 1. The van der Waals surface area contributed by atoms with E-state index in [2.05, 4.69) is 15.6 Å². The van der Waals surface area contributed by atoms with Gasteiger partial charge in [0, 0.05) is 15.5 Å². The van der Waals surface area contributed by atoms with Crippen molar-refractivity contribution >= 4 is 34.8 Å². The fourth-order valence-corrected chi connectivity index (χ4v) is 4.16. The Morgan fingerprint density at radius 2 is 1.72 bits per heavy atom. The van der Waals surface area contributed by atoms with E-state index in [9.17, 15) is 18.4 Å². The lowest BCUT2D eigenvalue weighted by molar-refractivity contribution is -0.124. The molecule has 0 fully saturated rings. The number of hydrogen-bond donors (Lipinski definition) is 2. The zero-order valence-electron chi connectivity index (χ0n) is 17.7. The first-order valence-corrected chi connectivity index (χ1v) is 11.1. The summed E-state index contributed by atoms with van der Waals surface area (Å²) in [6.45, 7) is 5.56. The molecule has 0 saturated carbocycles. The lowest BCUT2D eigenvalue weighted by atomic mass is 10.0. The van der Waals surface area contributed by atoms with Crippen LogP contribution in [0.15, 0.2) is 42.5 Å². The van der Waals surface area contributed by atoms with Gasteiger partial charge in [0.1, 0.15) is 28.2 Å². The Kier molecular flexibility index (Phi) is 7.58. The minimum Gasteiger partial charge on any atom is -0.348 e. The standard InChI is InChI=1S/C23H22ClF2N3O2S/c1-12(2)20(29-22(30)19-16(25)5-4-6-17(19)26)23(31)27-11-18-28-21(13(3)32-18)14-7-9-15(24)10-8-14/h4-10,12,20H,11H2,1-3H3,(H,27,31)(H,29,30)/t20-/m0/s1. The predicted octanol–water partition coefficient (Wildman–Crippen LogP) is 5.12.